The van der Waals surface area contributed by atoms with Crippen molar-refractivity contribution in [1.29, 1.82) is 0 Å². The highest BCUT2D eigenvalue weighted by Gasteiger charge is 2.28. The van der Waals surface area contributed by atoms with Crippen LogP contribution < -0.4 is 0 Å². The van der Waals surface area contributed by atoms with Gasteiger partial charge in [0.2, 0.25) is 5.91 Å². The molecular weight excluding hydrogens is 258 g/mol. The molecule has 1 aromatic carbocycles. The summed E-state index contributed by atoms with van der Waals surface area (Å²) in [7, 11) is 0. The highest BCUT2D eigenvalue weighted by Crippen LogP contribution is 2.27. The summed E-state index contributed by atoms with van der Waals surface area (Å²) >= 11 is 0. The predicted molar refractivity (Wildman–Crippen MR) is 69.3 cm³/mol. The fourth-order valence-electron chi connectivity index (χ4n) is 2.35. The van der Waals surface area contributed by atoms with Crippen molar-refractivity contribution in [1.82, 2.24) is 25.1 Å². The molecular formula is C13H15N5O2. The number of hydrogen-bond donors (Lipinski definition) is 0. The van der Waals surface area contributed by atoms with Crippen molar-refractivity contribution in [2.75, 3.05) is 13.3 Å². The van der Waals surface area contributed by atoms with Gasteiger partial charge in [0.25, 0.3) is 0 Å². The van der Waals surface area contributed by atoms with Crippen molar-refractivity contribution in [3.05, 3.63) is 42.2 Å². The van der Waals surface area contributed by atoms with Crippen molar-refractivity contribution in [3.8, 4) is 0 Å². The molecule has 1 fully saturated rings. The summed E-state index contributed by atoms with van der Waals surface area (Å²) in [6.07, 6.45) is 2.23. The van der Waals surface area contributed by atoms with Gasteiger partial charge in [-0.15, -0.1) is 5.10 Å². The van der Waals surface area contributed by atoms with Gasteiger partial charge in [-0.3, -0.25) is 4.79 Å². The van der Waals surface area contributed by atoms with E-state index >= 15 is 0 Å². The minimum Gasteiger partial charge on any atom is -0.361 e. The topological polar surface area (TPSA) is 73.1 Å². The molecule has 0 N–H and O–H groups in total. The molecule has 2 aromatic rings. The average molecular weight is 273 g/mol. The van der Waals surface area contributed by atoms with E-state index in [9.17, 15) is 4.79 Å². The number of aromatic nitrogens is 4. The second-order valence-electron chi connectivity index (χ2n) is 4.62. The summed E-state index contributed by atoms with van der Waals surface area (Å²) in [6.45, 7) is 1.09. The molecule has 1 unspecified atom stereocenters. The van der Waals surface area contributed by atoms with E-state index in [0.29, 0.717) is 13.3 Å². The first-order valence-corrected chi connectivity index (χ1v) is 6.47. The zero-order valence-corrected chi connectivity index (χ0v) is 10.9. The normalized spacial score (nSPS) is 19.0. The predicted octanol–water partition coefficient (Wildman–Crippen LogP) is 0.621. The summed E-state index contributed by atoms with van der Waals surface area (Å²) in [4.78, 5) is 14.1. The van der Waals surface area contributed by atoms with Crippen LogP contribution in [-0.2, 0) is 16.1 Å². The van der Waals surface area contributed by atoms with E-state index in [1.807, 2.05) is 30.3 Å². The number of amides is 1. The molecule has 0 aliphatic carbocycles. The van der Waals surface area contributed by atoms with Gasteiger partial charge >= 0.3 is 0 Å². The molecule has 1 saturated heterocycles. The van der Waals surface area contributed by atoms with Gasteiger partial charge in [-0.25, -0.2) is 4.68 Å². The third kappa shape index (κ3) is 2.67. The Kier molecular flexibility index (Phi) is 3.69. The number of rotatable bonds is 3. The lowest BCUT2D eigenvalue weighted by Gasteiger charge is -2.35. The molecule has 0 saturated carbocycles. The average Bonchev–Trinajstić information content (AvgIpc) is 3.01. The van der Waals surface area contributed by atoms with Gasteiger partial charge in [-0.2, -0.15) is 0 Å². The number of tetrazole rings is 1. The Morgan fingerprint density at radius 2 is 2.20 bits per heavy atom. The fraction of sp³-hybridized carbons (Fsp3) is 0.385. The molecule has 3 rings (SSSR count). The minimum absolute atomic E-state index is 0.0499. The number of ether oxygens (including phenoxy) is 1. The maximum absolute atomic E-state index is 12.4. The van der Waals surface area contributed by atoms with Gasteiger partial charge in [-0.05, 0) is 22.4 Å². The Balaban J connectivity index is 1.77. The van der Waals surface area contributed by atoms with Crippen LogP contribution in [0.15, 0.2) is 36.7 Å². The monoisotopic (exact) mass is 273 g/mol. The minimum atomic E-state index is -0.0501. The lowest BCUT2D eigenvalue weighted by molar-refractivity contribution is -0.147. The van der Waals surface area contributed by atoms with Crippen LogP contribution in [0.4, 0.5) is 0 Å². The van der Waals surface area contributed by atoms with Crippen molar-refractivity contribution >= 4 is 5.91 Å². The van der Waals surface area contributed by atoms with Gasteiger partial charge in [0.1, 0.15) is 19.6 Å². The Labute approximate surface area is 116 Å². The van der Waals surface area contributed by atoms with Crippen LogP contribution in [-0.4, -0.2) is 44.4 Å². The molecule has 0 spiro atoms. The van der Waals surface area contributed by atoms with Crippen LogP contribution in [0.1, 0.15) is 18.0 Å². The molecule has 1 atom stereocenters. The fourth-order valence-corrected chi connectivity index (χ4v) is 2.35. The zero-order valence-electron chi connectivity index (χ0n) is 10.9. The Hall–Kier alpha value is -2.28. The third-order valence-corrected chi connectivity index (χ3v) is 3.34. The third-order valence-electron chi connectivity index (χ3n) is 3.34. The largest absolute Gasteiger partial charge is 0.361 e. The molecule has 2 heterocycles. The second-order valence-corrected chi connectivity index (χ2v) is 4.62. The first-order chi connectivity index (χ1) is 9.84. The quantitative estimate of drug-likeness (QED) is 0.819. The summed E-state index contributed by atoms with van der Waals surface area (Å²) < 4.78 is 6.83. The molecule has 104 valence electrons. The Morgan fingerprint density at radius 3 is 2.95 bits per heavy atom. The van der Waals surface area contributed by atoms with Crippen LogP contribution in [0.5, 0.6) is 0 Å². The Morgan fingerprint density at radius 1 is 1.35 bits per heavy atom. The number of nitrogens with zero attached hydrogens (tertiary/aromatic N) is 5. The van der Waals surface area contributed by atoms with E-state index in [1.54, 1.807) is 4.90 Å². The van der Waals surface area contributed by atoms with Crippen LogP contribution >= 0.6 is 0 Å². The molecule has 1 aliphatic rings. The number of carbonyl (C=O) groups is 1. The van der Waals surface area contributed by atoms with Crippen molar-refractivity contribution in [3.63, 3.8) is 0 Å². The summed E-state index contributed by atoms with van der Waals surface area (Å²) in [5, 5.41) is 10.8. The van der Waals surface area contributed by atoms with Gasteiger partial charge in [0.05, 0.1) is 12.6 Å². The van der Waals surface area contributed by atoms with E-state index in [4.69, 9.17) is 4.74 Å². The number of hydrogen-bond acceptors (Lipinski definition) is 5. The smallest absolute Gasteiger partial charge is 0.246 e. The van der Waals surface area contributed by atoms with E-state index in [1.165, 1.54) is 11.0 Å². The van der Waals surface area contributed by atoms with Gasteiger partial charge < -0.3 is 9.64 Å². The first-order valence-electron chi connectivity index (χ1n) is 6.47. The first kappa shape index (κ1) is 12.7. The van der Waals surface area contributed by atoms with Crippen molar-refractivity contribution in [2.24, 2.45) is 0 Å². The summed E-state index contributed by atoms with van der Waals surface area (Å²) in [5.41, 5.74) is 1.13. The maximum Gasteiger partial charge on any atom is 0.246 e. The van der Waals surface area contributed by atoms with Crippen LogP contribution in [0.25, 0.3) is 0 Å². The second kappa shape index (κ2) is 5.79. The number of benzene rings is 1. The molecule has 7 heteroatoms. The van der Waals surface area contributed by atoms with Crippen molar-refractivity contribution in [2.45, 2.75) is 19.0 Å². The Bertz CT molecular complexity index is 557. The number of carbonyl (C=O) groups excluding carboxylic acids is 1. The van der Waals surface area contributed by atoms with Crippen LogP contribution in [0.3, 0.4) is 0 Å². The van der Waals surface area contributed by atoms with Gasteiger partial charge in [0, 0.05) is 0 Å². The van der Waals surface area contributed by atoms with Crippen LogP contribution in [0, 0.1) is 0 Å². The maximum atomic E-state index is 12.4. The molecule has 0 bridgehead atoms. The lowest BCUT2D eigenvalue weighted by atomic mass is 10.0. The van der Waals surface area contributed by atoms with E-state index in [-0.39, 0.29) is 18.5 Å². The van der Waals surface area contributed by atoms with Gasteiger partial charge in [-0.1, -0.05) is 30.3 Å². The SMILES string of the molecule is O=C(Cn1cnnn1)N1COCCC1c1ccccc1. The molecule has 1 aliphatic heterocycles. The lowest BCUT2D eigenvalue weighted by Crippen LogP contribution is -2.42. The van der Waals surface area contributed by atoms with Crippen molar-refractivity contribution < 1.29 is 9.53 Å². The highest BCUT2D eigenvalue weighted by atomic mass is 16.5. The molecule has 1 aromatic heterocycles. The summed E-state index contributed by atoms with van der Waals surface area (Å²) in [6, 6.07) is 10.1. The van der Waals surface area contributed by atoms with Gasteiger partial charge in [0.15, 0.2) is 0 Å². The van der Waals surface area contributed by atoms with E-state index < -0.39 is 0 Å². The van der Waals surface area contributed by atoms with Crippen LogP contribution in [0.2, 0.25) is 0 Å². The van der Waals surface area contributed by atoms with E-state index in [2.05, 4.69) is 15.5 Å². The highest BCUT2D eigenvalue weighted by molar-refractivity contribution is 5.76. The molecule has 1 amide bonds. The van der Waals surface area contributed by atoms with E-state index in [0.717, 1.165) is 12.0 Å². The zero-order chi connectivity index (χ0) is 13.8. The molecule has 20 heavy (non-hydrogen) atoms. The standard InChI is InChI=1S/C13H15N5O2/c19-13(8-17-9-14-15-16-17)18-10-20-7-6-12(18)11-4-2-1-3-5-11/h1-5,9,12H,6-8,10H2. The molecule has 7 nitrogen and oxygen atoms in total. The summed E-state index contributed by atoms with van der Waals surface area (Å²) in [5.74, 6) is -0.0501. The molecule has 0 radical (unpaired) electrons.